The lowest BCUT2D eigenvalue weighted by Crippen LogP contribution is -1.97. The molecular weight excluding hydrogens is 242 g/mol. The third-order valence-corrected chi connectivity index (χ3v) is 2.31. The molecule has 0 saturated carbocycles. The molecule has 0 atom stereocenters. The molecule has 0 amide bonds. The Labute approximate surface area is 101 Å². The van der Waals surface area contributed by atoms with Gasteiger partial charge in [-0.1, -0.05) is 6.07 Å². The average molecular weight is 250 g/mol. The molecule has 0 spiro atoms. The monoisotopic (exact) mass is 250 g/mol. The fraction of sp³-hybridized carbons (Fsp3) is 0. The maximum absolute atomic E-state index is 13.3. The second-order valence-corrected chi connectivity index (χ2v) is 3.53. The Bertz CT molecular complexity index is 565. The number of hydrogen-bond donors (Lipinski definition) is 1. The highest BCUT2D eigenvalue weighted by molar-refractivity contribution is 5.61. The molecule has 2 rings (SSSR count). The van der Waals surface area contributed by atoms with Gasteiger partial charge in [0.1, 0.15) is 17.3 Å². The van der Waals surface area contributed by atoms with Crippen LogP contribution in [0, 0.1) is 21.7 Å². The molecule has 2 aromatic carbocycles. The molecule has 0 saturated heterocycles. The predicted octanol–water partition coefficient (Wildman–Crippen LogP) is 3.62. The summed E-state index contributed by atoms with van der Waals surface area (Å²) in [5, 5.41) is 13.0. The van der Waals surface area contributed by atoms with Crippen molar-refractivity contribution in [3.8, 4) is 0 Å². The second kappa shape index (κ2) is 4.79. The molecule has 1 N–H and O–H groups in total. The van der Waals surface area contributed by atoms with Crippen molar-refractivity contribution in [2.24, 2.45) is 0 Å². The van der Waals surface area contributed by atoms with Crippen molar-refractivity contribution in [2.45, 2.75) is 0 Å². The van der Waals surface area contributed by atoms with Gasteiger partial charge in [-0.2, -0.15) is 0 Å². The lowest BCUT2D eigenvalue weighted by atomic mass is 10.2. The Kier molecular flexibility index (Phi) is 3.18. The number of nitrogens with one attached hydrogen (secondary N) is 1. The number of non-ortho nitro benzene ring substituents is 1. The first-order valence-corrected chi connectivity index (χ1v) is 5.03. The second-order valence-electron chi connectivity index (χ2n) is 3.53. The highest BCUT2D eigenvalue weighted by Gasteiger charge is 2.09. The lowest BCUT2D eigenvalue weighted by Gasteiger charge is -2.08. The number of nitro groups is 1. The number of hydrogen-bond acceptors (Lipinski definition) is 3. The highest BCUT2D eigenvalue weighted by Crippen LogP contribution is 2.24. The normalized spacial score (nSPS) is 10.1. The third-order valence-electron chi connectivity index (χ3n) is 2.31. The maximum atomic E-state index is 13.3. The molecule has 0 aliphatic rings. The van der Waals surface area contributed by atoms with Gasteiger partial charge in [-0.25, -0.2) is 8.78 Å². The van der Waals surface area contributed by atoms with Crippen LogP contribution >= 0.6 is 0 Å². The molecule has 6 heteroatoms. The number of halogens is 2. The quantitative estimate of drug-likeness (QED) is 0.668. The van der Waals surface area contributed by atoms with Crippen LogP contribution in [-0.2, 0) is 0 Å². The molecule has 0 radical (unpaired) electrons. The minimum absolute atomic E-state index is 0.0884. The Morgan fingerprint density at radius 1 is 1.00 bits per heavy atom. The summed E-state index contributed by atoms with van der Waals surface area (Å²) >= 11 is 0. The van der Waals surface area contributed by atoms with E-state index in [0.717, 1.165) is 12.1 Å². The number of rotatable bonds is 3. The molecule has 0 aliphatic carbocycles. The van der Waals surface area contributed by atoms with Crippen LogP contribution in [0.4, 0.5) is 25.8 Å². The van der Waals surface area contributed by atoms with Gasteiger partial charge >= 0.3 is 0 Å². The number of para-hydroxylation sites is 1. The van der Waals surface area contributed by atoms with Gasteiger partial charge in [0.2, 0.25) is 0 Å². The summed E-state index contributed by atoms with van der Waals surface area (Å²) in [7, 11) is 0. The summed E-state index contributed by atoms with van der Waals surface area (Å²) in [6.45, 7) is 0. The fourth-order valence-electron chi connectivity index (χ4n) is 1.43. The summed E-state index contributed by atoms with van der Waals surface area (Å²) in [5.41, 5.74) is -0.00879. The molecule has 0 aliphatic heterocycles. The summed E-state index contributed by atoms with van der Waals surface area (Å²) in [6, 6.07) is 8.76. The van der Waals surface area contributed by atoms with E-state index < -0.39 is 16.6 Å². The van der Waals surface area contributed by atoms with Gasteiger partial charge in [-0.3, -0.25) is 10.1 Å². The number of nitrogens with zero attached hydrogens (tertiary/aromatic N) is 1. The molecule has 0 bridgehead atoms. The average Bonchev–Trinajstić information content (AvgIpc) is 2.34. The zero-order valence-corrected chi connectivity index (χ0v) is 9.06. The van der Waals surface area contributed by atoms with Crippen molar-refractivity contribution in [3.63, 3.8) is 0 Å². The standard InChI is InChI=1S/C12H8F2N2O2/c13-10-2-1-3-11(14)12(10)15-8-4-6-9(7-5-8)16(17)18/h1-7,15H. The van der Waals surface area contributed by atoms with Crippen LogP contribution in [0.15, 0.2) is 42.5 Å². The molecule has 0 unspecified atom stereocenters. The van der Waals surface area contributed by atoms with E-state index >= 15 is 0 Å². The van der Waals surface area contributed by atoms with Crippen LogP contribution in [0.25, 0.3) is 0 Å². The van der Waals surface area contributed by atoms with E-state index in [1.165, 1.54) is 30.3 Å². The SMILES string of the molecule is O=[N+]([O-])c1ccc(Nc2c(F)cccc2F)cc1. The molecular formula is C12H8F2N2O2. The zero-order chi connectivity index (χ0) is 13.1. The Balaban J connectivity index is 2.26. The summed E-state index contributed by atoms with van der Waals surface area (Å²) in [5.74, 6) is -1.46. The lowest BCUT2D eigenvalue weighted by molar-refractivity contribution is -0.384. The molecule has 18 heavy (non-hydrogen) atoms. The van der Waals surface area contributed by atoms with Crippen molar-refractivity contribution in [2.75, 3.05) is 5.32 Å². The molecule has 0 aromatic heterocycles. The van der Waals surface area contributed by atoms with Crippen LogP contribution < -0.4 is 5.32 Å². The van der Waals surface area contributed by atoms with E-state index in [1.54, 1.807) is 0 Å². The minimum Gasteiger partial charge on any atom is -0.351 e. The summed E-state index contributed by atoms with van der Waals surface area (Å²) in [6.07, 6.45) is 0. The van der Waals surface area contributed by atoms with E-state index in [4.69, 9.17) is 0 Å². The van der Waals surface area contributed by atoms with Crippen LogP contribution in [0.1, 0.15) is 0 Å². The van der Waals surface area contributed by atoms with Crippen LogP contribution in [0.2, 0.25) is 0 Å². The largest absolute Gasteiger partial charge is 0.351 e. The van der Waals surface area contributed by atoms with Gasteiger partial charge in [0.15, 0.2) is 0 Å². The summed E-state index contributed by atoms with van der Waals surface area (Å²) < 4.78 is 26.7. The van der Waals surface area contributed by atoms with Gasteiger partial charge in [0, 0.05) is 17.8 Å². The number of benzene rings is 2. The Hall–Kier alpha value is -2.50. The number of nitro benzene ring substituents is 1. The Morgan fingerprint density at radius 2 is 1.56 bits per heavy atom. The van der Waals surface area contributed by atoms with E-state index in [0.29, 0.717) is 5.69 Å². The fourth-order valence-corrected chi connectivity index (χ4v) is 1.43. The van der Waals surface area contributed by atoms with E-state index in [2.05, 4.69) is 5.32 Å². The smallest absolute Gasteiger partial charge is 0.269 e. The highest BCUT2D eigenvalue weighted by atomic mass is 19.1. The first-order valence-electron chi connectivity index (χ1n) is 5.03. The van der Waals surface area contributed by atoms with Crippen molar-refractivity contribution >= 4 is 17.1 Å². The van der Waals surface area contributed by atoms with Gasteiger partial charge in [0.25, 0.3) is 5.69 Å². The predicted molar refractivity (Wildman–Crippen MR) is 62.7 cm³/mol. The van der Waals surface area contributed by atoms with E-state index in [-0.39, 0.29) is 11.4 Å². The van der Waals surface area contributed by atoms with Crippen molar-refractivity contribution in [3.05, 3.63) is 64.2 Å². The first kappa shape index (κ1) is 12.0. The molecule has 0 heterocycles. The van der Waals surface area contributed by atoms with Crippen molar-refractivity contribution in [1.29, 1.82) is 0 Å². The summed E-state index contributed by atoms with van der Waals surface area (Å²) in [4.78, 5) is 9.90. The van der Waals surface area contributed by atoms with Crippen LogP contribution in [0.5, 0.6) is 0 Å². The van der Waals surface area contributed by atoms with E-state index in [9.17, 15) is 18.9 Å². The number of anilines is 2. The van der Waals surface area contributed by atoms with Crippen molar-refractivity contribution in [1.82, 2.24) is 0 Å². The Morgan fingerprint density at radius 3 is 2.06 bits per heavy atom. The molecule has 0 fully saturated rings. The van der Waals surface area contributed by atoms with Crippen LogP contribution in [0.3, 0.4) is 0 Å². The van der Waals surface area contributed by atoms with E-state index in [1.807, 2.05) is 0 Å². The topological polar surface area (TPSA) is 55.2 Å². The minimum atomic E-state index is -0.728. The van der Waals surface area contributed by atoms with Gasteiger partial charge in [-0.05, 0) is 24.3 Å². The zero-order valence-electron chi connectivity index (χ0n) is 9.06. The molecule has 92 valence electrons. The molecule has 2 aromatic rings. The molecule has 4 nitrogen and oxygen atoms in total. The maximum Gasteiger partial charge on any atom is 0.269 e. The van der Waals surface area contributed by atoms with Gasteiger partial charge in [0.05, 0.1) is 4.92 Å². The van der Waals surface area contributed by atoms with Gasteiger partial charge < -0.3 is 5.32 Å². The first-order chi connectivity index (χ1) is 8.58. The third kappa shape index (κ3) is 2.42. The van der Waals surface area contributed by atoms with Crippen molar-refractivity contribution < 1.29 is 13.7 Å². The van der Waals surface area contributed by atoms with Crippen LogP contribution in [-0.4, -0.2) is 4.92 Å². The van der Waals surface area contributed by atoms with Gasteiger partial charge in [-0.15, -0.1) is 0 Å².